The fourth-order valence-corrected chi connectivity index (χ4v) is 5.20. The Labute approximate surface area is 178 Å². The minimum atomic E-state index is -1.39. The highest BCUT2D eigenvalue weighted by atomic mass is 35.5. The van der Waals surface area contributed by atoms with Gasteiger partial charge in [-0.1, -0.05) is 42.8 Å². The SMILES string of the molecule is COc1cc(OC)c2c(c1Cl)O[C@]1(C2=O)C2=NCc3ccccc3C2C(=O)C[C@H]1C. The lowest BCUT2D eigenvalue weighted by Gasteiger charge is -2.43. The van der Waals surface area contributed by atoms with Gasteiger partial charge in [-0.3, -0.25) is 14.6 Å². The molecule has 2 aromatic carbocycles. The first-order chi connectivity index (χ1) is 14.4. The molecule has 1 saturated carbocycles. The van der Waals surface area contributed by atoms with Gasteiger partial charge in [-0.15, -0.1) is 0 Å². The Morgan fingerprint density at radius 3 is 2.63 bits per heavy atom. The minimum absolute atomic E-state index is 0.0435. The van der Waals surface area contributed by atoms with Crippen molar-refractivity contribution in [2.24, 2.45) is 10.9 Å². The molecule has 0 aromatic heterocycles. The molecule has 0 bridgehead atoms. The third-order valence-electron chi connectivity index (χ3n) is 6.38. The number of aliphatic imine (C=N–C) groups is 1. The number of ether oxygens (including phenoxy) is 3. The van der Waals surface area contributed by atoms with Gasteiger partial charge in [0.05, 0.1) is 32.4 Å². The molecule has 2 aromatic rings. The molecule has 30 heavy (non-hydrogen) atoms. The van der Waals surface area contributed by atoms with Crippen LogP contribution in [0.3, 0.4) is 0 Å². The molecule has 0 radical (unpaired) electrons. The number of benzene rings is 2. The number of Topliss-reactive ketones (excluding diaryl/α,β-unsaturated/α-hetero) is 2. The van der Waals surface area contributed by atoms with Crippen molar-refractivity contribution >= 4 is 28.9 Å². The van der Waals surface area contributed by atoms with Crippen LogP contribution >= 0.6 is 11.6 Å². The maximum Gasteiger partial charge on any atom is 0.220 e. The summed E-state index contributed by atoms with van der Waals surface area (Å²) in [5.41, 5.74) is 1.22. The van der Waals surface area contributed by atoms with Crippen molar-refractivity contribution in [2.75, 3.05) is 14.2 Å². The number of hydrogen-bond donors (Lipinski definition) is 0. The van der Waals surface area contributed by atoms with E-state index in [0.29, 0.717) is 23.8 Å². The van der Waals surface area contributed by atoms with Crippen LogP contribution in [0.1, 0.15) is 40.7 Å². The van der Waals surface area contributed by atoms with Gasteiger partial charge < -0.3 is 14.2 Å². The lowest BCUT2D eigenvalue weighted by Crippen LogP contribution is -2.60. The van der Waals surface area contributed by atoms with Crippen molar-refractivity contribution in [1.82, 2.24) is 0 Å². The van der Waals surface area contributed by atoms with Gasteiger partial charge in [0.2, 0.25) is 11.4 Å². The van der Waals surface area contributed by atoms with Crippen molar-refractivity contribution < 1.29 is 23.8 Å². The second-order valence-corrected chi connectivity index (χ2v) is 8.25. The van der Waals surface area contributed by atoms with Gasteiger partial charge in [0.15, 0.2) is 5.75 Å². The molecule has 0 amide bonds. The zero-order chi connectivity index (χ0) is 21.2. The van der Waals surface area contributed by atoms with E-state index in [0.717, 1.165) is 11.1 Å². The predicted octanol–water partition coefficient (Wildman–Crippen LogP) is 4.02. The Bertz CT molecular complexity index is 1140. The van der Waals surface area contributed by atoms with Gasteiger partial charge in [0.25, 0.3) is 0 Å². The predicted molar refractivity (Wildman–Crippen MR) is 111 cm³/mol. The Morgan fingerprint density at radius 1 is 1.17 bits per heavy atom. The molecule has 2 aliphatic heterocycles. The zero-order valence-corrected chi connectivity index (χ0v) is 17.6. The number of methoxy groups -OCH3 is 2. The van der Waals surface area contributed by atoms with E-state index in [4.69, 9.17) is 30.8 Å². The fourth-order valence-electron chi connectivity index (χ4n) is 4.94. The molecule has 0 N–H and O–H groups in total. The van der Waals surface area contributed by atoms with Crippen molar-refractivity contribution in [3.63, 3.8) is 0 Å². The van der Waals surface area contributed by atoms with Gasteiger partial charge >= 0.3 is 0 Å². The largest absolute Gasteiger partial charge is 0.496 e. The molecular formula is C23H20ClNO5. The molecule has 0 saturated heterocycles. The number of rotatable bonds is 2. The summed E-state index contributed by atoms with van der Waals surface area (Å²) >= 11 is 6.52. The van der Waals surface area contributed by atoms with Crippen molar-refractivity contribution in [2.45, 2.75) is 31.4 Å². The van der Waals surface area contributed by atoms with Crippen molar-refractivity contribution in [3.05, 3.63) is 52.0 Å². The summed E-state index contributed by atoms with van der Waals surface area (Å²) in [7, 11) is 2.96. The van der Waals surface area contributed by atoms with Gasteiger partial charge in [-0.2, -0.15) is 0 Å². The summed E-state index contributed by atoms with van der Waals surface area (Å²) in [6.07, 6.45) is 0.203. The van der Waals surface area contributed by atoms with Crippen LogP contribution in [0.2, 0.25) is 5.02 Å². The van der Waals surface area contributed by atoms with E-state index in [1.807, 2.05) is 31.2 Å². The average Bonchev–Trinajstić information content (AvgIpc) is 3.07. The van der Waals surface area contributed by atoms with Crippen LogP contribution in [0.4, 0.5) is 0 Å². The average molecular weight is 426 g/mol. The monoisotopic (exact) mass is 425 g/mol. The van der Waals surface area contributed by atoms with E-state index in [2.05, 4.69) is 0 Å². The summed E-state index contributed by atoms with van der Waals surface area (Å²) < 4.78 is 17.2. The van der Waals surface area contributed by atoms with Gasteiger partial charge in [-0.05, 0) is 11.1 Å². The Hall–Kier alpha value is -2.86. The quantitative estimate of drug-likeness (QED) is 0.726. The standard InChI is InChI=1S/C23H20ClNO5/c1-11-8-14(26)17-13-7-5-4-6-12(13)10-25-21(17)23(11)22(27)18-15(28-2)9-16(29-3)19(24)20(18)30-23/h4-7,9,11,17H,8,10H2,1-3H3/t11-,17?,23+/m1/s1. The topological polar surface area (TPSA) is 74.2 Å². The molecule has 3 aliphatic rings. The summed E-state index contributed by atoms with van der Waals surface area (Å²) in [6.45, 7) is 2.24. The third-order valence-corrected chi connectivity index (χ3v) is 6.74. The number of carbonyl (C=O) groups is 2. The minimum Gasteiger partial charge on any atom is -0.496 e. The first-order valence-electron chi connectivity index (χ1n) is 9.77. The Balaban J connectivity index is 1.73. The molecule has 3 atom stereocenters. The second-order valence-electron chi connectivity index (χ2n) is 7.87. The molecule has 2 heterocycles. The molecule has 1 unspecified atom stereocenters. The smallest absolute Gasteiger partial charge is 0.220 e. The highest BCUT2D eigenvalue weighted by Gasteiger charge is 2.63. The molecule has 6 nitrogen and oxygen atoms in total. The molecule has 1 spiro atoms. The number of nitrogens with zero attached hydrogens (tertiary/aromatic N) is 1. The van der Waals surface area contributed by atoms with E-state index in [-0.39, 0.29) is 34.3 Å². The van der Waals surface area contributed by atoms with Crippen LogP contribution in [0.25, 0.3) is 0 Å². The van der Waals surface area contributed by atoms with E-state index in [1.54, 1.807) is 6.07 Å². The van der Waals surface area contributed by atoms with E-state index >= 15 is 0 Å². The molecule has 7 heteroatoms. The highest BCUT2D eigenvalue weighted by molar-refractivity contribution is 6.37. The molecule has 1 fully saturated rings. The highest BCUT2D eigenvalue weighted by Crippen LogP contribution is 2.55. The number of hydrogen-bond acceptors (Lipinski definition) is 6. The van der Waals surface area contributed by atoms with Crippen molar-refractivity contribution in [1.29, 1.82) is 0 Å². The number of carbonyl (C=O) groups excluding carboxylic acids is 2. The van der Waals surface area contributed by atoms with Crippen LogP contribution in [0.15, 0.2) is 35.3 Å². The van der Waals surface area contributed by atoms with Crippen molar-refractivity contribution in [3.8, 4) is 17.2 Å². The third kappa shape index (κ3) is 2.28. The van der Waals surface area contributed by atoms with E-state index in [1.165, 1.54) is 14.2 Å². The maximum atomic E-state index is 13.9. The molecule has 5 rings (SSSR count). The molecule has 154 valence electrons. The zero-order valence-electron chi connectivity index (χ0n) is 16.8. The first kappa shape index (κ1) is 19.1. The summed E-state index contributed by atoms with van der Waals surface area (Å²) in [6, 6.07) is 9.30. The van der Waals surface area contributed by atoms with Crippen LogP contribution in [0, 0.1) is 5.92 Å². The summed E-state index contributed by atoms with van der Waals surface area (Å²) in [5, 5.41) is 0.205. The van der Waals surface area contributed by atoms with Crippen LogP contribution in [0.5, 0.6) is 17.2 Å². The Kier molecular flexibility index (Phi) is 4.19. The molecular weight excluding hydrogens is 406 g/mol. The fraction of sp³-hybridized carbons (Fsp3) is 0.348. The lowest BCUT2D eigenvalue weighted by molar-refractivity contribution is -0.122. The first-order valence-corrected chi connectivity index (χ1v) is 10.2. The maximum absolute atomic E-state index is 13.9. The van der Waals surface area contributed by atoms with E-state index < -0.39 is 17.4 Å². The van der Waals surface area contributed by atoms with Crippen LogP contribution in [-0.2, 0) is 11.3 Å². The lowest BCUT2D eigenvalue weighted by atomic mass is 9.64. The number of ketones is 2. The van der Waals surface area contributed by atoms with Crippen LogP contribution in [-0.4, -0.2) is 37.1 Å². The Morgan fingerprint density at radius 2 is 1.90 bits per heavy atom. The van der Waals surface area contributed by atoms with Gasteiger partial charge in [-0.25, -0.2) is 0 Å². The number of halogens is 1. The van der Waals surface area contributed by atoms with Gasteiger partial charge in [0, 0.05) is 18.4 Å². The van der Waals surface area contributed by atoms with E-state index in [9.17, 15) is 9.59 Å². The summed E-state index contributed by atoms with van der Waals surface area (Å²) in [5.74, 6) is -0.342. The number of fused-ring (bicyclic) bond motifs is 5. The van der Waals surface area contributed by atoms with Crippen LogP contribution < -0.4 is 14.2 Å². The normalized spacial score (nSPS) is 26.5. The molecule has 1 aliphatic carbocycles. The summed E-state index contributed by atoms with van der Waals surface area (Å²) in [4.78, 5) is 31.7. The van der Waals surface area contributed by atoms with Gasteiger partial charge in [0.1, 0.15) is 27.9 Å². The second kappa shape index (κ2) is 6.57.